The van der Waals surface area contributed by atoms with Crippen LogP contribution >= 0.6 is 11.6 Å². The molecule has 170 valence electrons. The number of nitrogens with zero attached hydrogens (tertiary/aromatic N) is 5. The number of halogens is 5. The van der Waals surface area contributed by atoms with Gasteiger partial charge in [0.1, 0.15) is 24.4 Å². The molecule has 0 aromatic carbocycles. The molecule has 0 fully saturated rings. The summed E-state index contributed by atoms with van der Waals surface area (Å²) in [6.07, 6.45) is -2.04. The topological polar surface area (TPSA) is 95.7 Å². The molecular formula is C17H18ClF4N5O3S. The average molecular weight is 484 g/mol. The second-order valence-electron chi connectivity index (χ2n) is 6.03. The molecule has 0 N–H and O–H groups in total. The van der Waals surface area contributed by atoms with Crippen molar-refractivity contribution < 1.29 is 31.7 Å². The number of hydrogen-bond donors (Lipinski definition) is 0. The van der Waals surface area contributed by atoms with Crippen LogP contribution in [0.15, 0.2) is 29.8 Å². The summed E-state index contributed by atoms with van der Waals surface area (Å²) in [5, 5.41) is 7.45. The quantitative estimate of drug-likeness (QED) is 0.236. The molecule has 1 amide bonds. The fourth-order valence-electron chi connectivity index (χ4n) is 2.45. The molecule has 0 aliphatic rings. The number of anilines is 1. The van der Waals surface area contributed by atoms with E-state index in [0.29, 0.717) is 0 Å². The molecule has 2 aromatic heterocycles. The van der Waals surface area contributed by atoms with Crippen molar-refractivity contribution in [3.05, 3.63) is 35.6 Å². The van der Waals surface area contributed by atoms with Crippen LogP contribution < -0.4 is 4.90 Å². The third-order valence-corrected chi connectivity index (χ3v) is 5.34. The third-order valence-electron chi connectivity index (χ3n) is 3.82. The highest BCUT2D eigenvalue weighted by atomic mass is 35.5. The smallest absolute Gasteiger partial charge is 0.393 e. The van der Waals surface area contributed by atoms with Gasteiger partial charge in [0, 0.05) is 12.6 Å². The van der Waals surface area contributed by atoms with Gasteiger partial charge in [-0.2, -0.15) is 18.3 Å². The number of carbonyl (C=O) groups excluding carboxylic acids is 1. The van der Waals surface area contributed by atoms with E-state index in [2.05, 4.69) is 20.1 Å². The zero-order valence-corrected chi connectivity index (χ0v) is 18.0. The van der Waals surface area contributed by atoms with E-state index >= 15 is 0 Å². The van der Waals surface area contributed by atoms with Crippen molar-refractivity contribution >= 4 is 40.1 Å². The van der Waals surface area contributed by atoms with E-state index < -0.39 is 47.0 Å². The van der Waals surface area contributed by atoms with Crippen molar-refractivity contribution in [3.63, 3.8) is 0 Å². The van der Waals surface area contributed by atoms with E-state index in [0.717, 1.165) is 24.3 Å². The Morgan fingerprint density at radius 2 is 2.13 bits per heavy atom. The van der Waals surface area contributed by atoms with Gasteiger partial charge in [-0.1, -0.05) is 16.8 Å². The van der Waals surface area contributed by atoms with Crippen LogP contribution in [0.5, 0.6) is 0 Å². The minimum atomic E-state index is -4.47. The van der Waals surface area contributed by atoms with Gasteiger partial charge in [-0.05, 0) is 18.1 Å². The Labute approximate surface area is 183 Å². The Kier molecular flexibility index (Phi) is 8.65. The van der Waals surface area contributed by atoms with Crippen molar-refractivity contribution in [2.24, 2.45) is 5.16 Å². The second kappa shape index (κ2) is 10.8. The fraction of sp³-hybridized carbons (Fsp3) is 0.412. The van der Waals surface area contributed by atoms with Crippen molar-refractivity contribution in [2.75, 3.05) is 30.1 Å². The molecule has 2 aromatic rings. The lowest BCUT2D eigenvalue weighted by Crippen LogP contribution is -2.40. The molecule has 0 spiro atoms. The number of carbonyl (C=O) groups is 1. The molecule has 2 rings (SSSR count). The Morgan fingerprint density at radius 3 is 2.71 bits per heavy atom. The first kappa shape index (κ1) is 24.9. The van der Waals surface area contributed by atoms with Crippen LogP contribution in [0.25, 0.3) is 5.69 Å². The SMILES string of the molecule is CCN(C(=O)C(C[S+]([O-])CCC(F)(F)F)=NOC)c1cn(-c2cncc(F)c2)nc1Cl. The zero-order chi connectivity index (χ0) is 23.2. The van der Waals surface area contributed by atoms with Gasteiger partial charge < -0.3 is 14.3 Å². The molecule has 0 bridgehead atoms. The molecule has 0 saturated carbocycles. The van der Waals surface area contributed by atoms with E-state index in [1.807, 2.05) is 0 Å². The highest BCUT2D eigenvalue weighted by molar-refractivity contribution is 7.92. The van der Waals surface area contributed by atoms with Gasteiger partial charge in [0.25, 0.3) is 5.91 Å². The molecule has 0 saturated heterocycles. The Balaban J connectivity index is 2.25. The van der Waals surface area contributed by atoms with Crippen molar-refractivity contribution in [1.82, 2.24) is 14.8 Å². The summed E-state index contributed by atoms with van der Waals surface area (Å²) in [6.45, 7) is 1.68. The predicted molar refractivity (Wildman–Crippen MR) is 107 cm³/mol. The first-order chi connectivity index (χ1) is 14.6. The van der Waals surface area contributed by atoms with E-state index in [1.165, 1.54) is 17.1 Å². The lowest BCUT2D eigenvalue weighted by Gasteiger charge is -2.21. The second-order valence-corrected chi connectivity index (χ2v) is 7.97. The van der Waals surface area contributed by atoms with Crippen LogP contribution in [0.2, 0.25) is 5.15 Å². The summed E-state index contributed by atoms with van der Waals surface area (Å²) in [4.78, 5) is 22.4. The molecule has 31 heavy (non-hydrogen) atoms. The normalized spacial score (nSPS) is 13.2. The van der Waals surface area contributed by atoms with Gasteiger partial charge >= 0.3 is 6.18 Å². The largest absolute Gasteiger partial charge is 0.616 e. The number of hydrogen-bond acceptors (Lipinski definition) is 6. The molecule has 2 heterocycles. The Hall–Kier alpha value is -2.38. The van der Waals surface area contributed by atoms with E-state index in [1.54, 1.807) is 6.92 Å². The Bertz CT molecular complexity index is 941. The molecule has 1 atom stereocenters. The van der Waals surface area contributed by atoms with Crippen molar-refractivity contribution in [1.29, 1.82) is 0 Å². The highest BCUT2D eigenvalue weighted by Crippen LogP contribution is 2.27. The van der Waals surface area contributed by atoms with E-state index in [-0.39, 0.29) is 28.8 Å². The maximum atomic E-state index is 13.4. The van der Waals surface area contributed by atoms with Gasteiger partial charge in [0.2, 0.25) is 0 Å². The van der Waals surface area contributed by atoms with Crippen LogP contribution in [0.1, 0.15) is 13.3 Å². The zero-order valence-electron chi connectivity index (χ0n) is 16.4. The van der Waals surface area contributed by atoms with E-state index in [4.69, 9.17) is 11.6 Å². The van der Waals surface area contributed by atoms with Crippen molar-refractivity contribution in [3.8, 4) is 5.69 Å². The number of oxime groups is 1. The standard InChI is InChI=1S/C17H18ClF4N5O3S/c1-3-26(14-9-27(24-15(14)18)12-6-11(19)7-23-8-12)16(28)13(25-30-2)10-31(29)5-4-17(20,21)22/h6-9H,3-5,10H2,1-2H3. The van der Waals surface area contributed by atoms with Gasteiger partial charge in [0.05, 0.1) is 30.7 Å². The number of pyridine rings is 1. The molecule has 14 heteroatoms. The fourth-order valence-corrected chi connectivity index (χ4v) is 3.77. The van der Waals surface area contributed by atoms with Gasteiger partial charge in [0.15, 0.2) is 16.6 Å². The third kappa shape index (κ3) is 7.08. The van der Waals surface area contributed by atoms with Gasteiger partial charge in [-0.15, -0.1) is 0 Å². The molecule has 0 aliphatic heterocycles. The summed E-state index contributed by atoms with van der Waals surface area (Å²) in [7, 11) is 1.14. The van der Waals surface area contributed by atoms with Crippen LogP contribution in [-0.4, -0.2) is 62.3 Å². The summed E-state index contributed by atoms with van der Waals surface area (Å²) in [6, 6.07) is 1.15. The minimum absolute atomic E-state index is 0.0730. The monoisotopic (exact) mass is 483 g/mol. The summed E-state index contributed by atoms with van der Waals surface area (Å²) in [5.41, 5.74) is 0.0279. The number of alkyl halides is 3. The van der Waals surface area contributed by atoms with Crippen LogP contribution in [-0.2, 0) is 20.8 Å². The van der Waals surface area contributed by atoms with Gasteiger partial charge in [-0.25, -0.2) is 9.07 Å². The molecule has 8 nitrogen and oxygen atoms in total. The first-order valence-electron chi connectivity index (χ1n) is 8.75. The van der Waals surface area contributed by atoms with Crippen LogP contribution in [0.4, 0.5) is 23.2 Å². The molecular weight excluding hydrogens is 466 g/mol. The van der Waals surface area contributed by atoms with Gasteiger partial charge in [-0.3, -0.25) is 9.78 Å². The number of amides is 1. The van der Waals surface area contributed by atoms with Crippen molar-refractivity contribution in [2.45, 2.75) is 19.5 Å². The predicted octanol–water partition coefficient (Wildman–Crippen LogP) is 3.12. The maximum absolute atomic E-state index is 13.4. The highest BCUT2D eigenvalue weighted by Gasteiger charge is 2.32. The van der Waals surface area contributed by atoms with E-state index in [9.17, 15) is 26.9 Å². The minimum Gasteiger partial charge on any atom is -0.616 e. The number of rotatable bonds is 9. The average Bonchev–Trinajstić information content (AvgIpc) is 3.07. The Morgan fingerprint density at radius 1 is 1.42 bits per heavy atom. The maximum Gasteiger partial charge on any atom is 0.393 e. The molecule has 0 radical (unpaired) electrons. The number of aromatic nitrogens is 3. The molecule has 0 aliphatic carbocycles. The summed E-state index contributed by atoms with van der Waals surface area (Å²) in [5.74, 6) is -2.61. The summed E-state index contributed by atoms with van der Waals surface area (Å²) >= 11 is 4.14. The first-order valence-corrected chi connectivity index (χ1v) is 10.6. The van der Waals surface area contributed by atoms with Crippen LogP contribution in [0, 0.1) is 5.82 Å². The lowest BCUT2D eigenvalue weighted by atomic mass is 10.3. The van der Waals surface area contributed by atoms with Crippen LogP contribution in [0.3, 0.4) is 0 Å². The lowest BCUT2D eigenvalue weighted by molar-refractivity contribution is -0.129. The molecule has 1 unspecified atom stereocenters. The summed E-state index contributed by atoms with van der Waals surface area (Å²) < 4.78 is 63.8.